The van der Waals surface area contributed by atoms with Crippen LogP contribution < -0.4 is 5.73 Å². The van der Waals surface area contributed by atoms with Crippen molar-refractivity contribution in [1.29, 1.82) is 0 Å². The summed E-state index contributed by atoms with van der Waals surface area (Å²) in [7, 11) is 0. The zero-order valence-corrected chi connectivity index (χ0v) is 13.0. The van der Waals surface area contributed by atoms with Crippen LogP contribution in [0, 0.1) is 35.5 Å². The molecule has 20 heavy (non-hydrogen) atoms. The molecule has 1 saturated heterocycles. The number of nitrogens with zero attached hydrogens (tertiary/aromatic N) is 1. The Labute approximate surface area is 128 Å². The van der Waals surface area contributed by atoms with Gasteiger partial charge in [0, 0.05) is 19.0 Å². The summed E-state index contributed by atoms with van der Waals surface area (Å²) >= 11 is 0. The summed E-state index contributed by atoms with van der Waals surface area (Å²) in [5.74, 6) is 4.79. The molecule has 3 nitrogen and oxygen atoms in total. The van der Waals surface area contributed by atoms with Crippen LogP contribution in [-0.2, 0) is 4.79 Å². The van der Waals surface area contributed by atoms with Crippen LogP contribution in [0.25, 0.3) is 0 Å². The third-order valence-corrected chi connectivity index (χ3v) is 6.44. The fourth-order valence-electron chi connectivity index (χ4n) is 5.76. The van der Waals surface area contributed by atoms with E-state index in [-0.39, 0.29) is 12.4 Å². The van der Waals surface area contributed by atoms with Crippen LogP contribution in [0.3, 0.4) is 0 Å². The van der Waals surface area contributed by atoms with Crippen LogP contribution in [0.15, 0.2) is 0 Å². The first-order valence-electron chi connectivity index (χ1n) is 8.23. The van der Waals surface area contributed by atoms with Crippen LogP contribution in [0.1, 0.15) is 38.5 Å². The average molecular weight is 299 g/mol. The first-order chi connectivity index (χ1) is 9.24. The molecule has 0 aromatic carbocycles. The van der Waals surface area contributed by atoms with Gasteiger partial charge in [-0.25, -0.2) is 0 Å². The van der Waals surface area contributed by atoms with E-state index in [9.17, 15) is 4.79 Å². The number of halogens is 1. The summed E-state index contributed by atoms with van der Waals surface area (Å²) in [6.07, 6.45) is 7.96. The van der Waals surface area contributed by atoms with E-state index in [4.69, 9.17) is 5.73 Å². The largest absolute Gasteiger partial charge is 0.342 e. The van der Waals surface area contributed by atoms with Crippen LogP contribution in [-0.4, -0.2) is 30.4 Å². The van der Waals surface area contributed by atoms with Gasteiger partial charge in [-0.1, -0.05) is 0 Å². The molecule has 4 heteroatoms. The quantitative estimate of drug-likeness (QED) is 0.850. The molecule has 1 aliphatic heterocycles. The molecule has 5 aliphatic rings. The number of rotatable bonds is 2. The highest BCUT2D eigenvalue weighted by atomic mass is 35.5. The van der Waals surface area contributed by atoms with Gasteiger partial charge in [0.2, 0.25) is 5.91 Å². The van der Waals surface area contributed by atoms with Crippen molar-refractivity contribution in [1.82, 2.24) is 4.90 Å². The predicted octanol–water partition coefficient (Wildman–Crippen LogP) is 2.29. The van der Waals surface area contributed by atoms with Crippen molar-refractivity contribution in [3.8, 4) is 0 Å². The highest BCUT2D eigenvalue weighted by Crippen LogP contribution is 2.57. The van der Waals surface area contributed by atoms with Crippen molar-refractivity contribution < 1.29 is 4.79 Å². The number of nitrogens with two attached hydrogens (primary N) is 1. The minimum absolute atomic E-state index is 0. The van der Waals surface area contributed by atoms with Gasteiger partial charge in [-0.05, 0) is 74.7 Å². The number of hydrogen-bond acceptors (Lipinski definition) is 2. The molecule has 4 aliphatic carbocycles. The lowest BCUT2D eigenvalue weighted by atomic mass is 9.51. The second kappa shape index (κ2) is 5.49. The molecular weight excluding hydrogens is 272 g/mol. The molecule has 1 heterocycles. The second-order valence-electron chi connectivity index (χ2n) is 7.63. The molecule has 4 saturated carbocycles. The lowest BCUT2D eigenvalue weighted by molar-refractivity contribution is -0.148. The fraction of sp³-hybridized carbons (Fsp3) is 0.938. The van der Waals surface area contributed by atoms with E-state index in [2.05, 4.69) is 4.90 Å². The number of carbonyl (C=O) groups is 1. The molecule has 5 rings (SSSR count). The van der Waals surface area contributed by atoms with Crippen LogP contribution >= 0.6 is 12.4 Å². The Kier molecular flexibility index (Phi) is 4.02. The fourth-order valence-corrected chi connectivity index (χ4v) is 5.76. The Bertz CT molecular complexity index is 359. The maximum Gasteiger partial charge on any atom is 0.226 e. The van der Waals surface area contributed by atoms with Crippen LogP contribution in [0.2, 0.25) is 0 Å². The van der Waals surface area contributed by atoms with E-state index in [1.807, 2.05) is 0 Å². The number of amides is 1. The highest BCUT2D eigenvalue weighted by Gasteiger charge is 2.51. The summed E-state index contributed by atoms with van der Waals surface area (Å²) in [6, 6.07) is 0. The molecule has 0 aromatic rings. The van der Waals surface area contributed by atoms with E-state index >= 15 is 0 Å². The molecule has 4 bridgehead atoms. The van der Waals surface area contributed by atoms with Gasteiger partial charge in [0.15, 0.2) is 0 Å². The Morgan fingerprint density at radius 3 is 2.15 bits per heavy atom. The van der Waals surface area contributed by atoms with Gasteiger partial charge >= 0.3 is 0 Å². The third kappa shape index (κ3) is 2.27. The van der Waals surface area contributed by atoms with Gasteiger partial charge in [-0.2, -0.15) is 0 Å². The topological polar surface area (TPSA) is 46.3 Å². The predicted molar refractivity (Wildman–Crippen MR) is 81.5 cm³/mol. The van der Waals surface area contributed by atoms with Crippen molar-refractivity contribution in [2.24, 2.45) is 41.2 Å². The molecule has 1 amide bonds. The smallest absolute Gasteiger partial charge is 0.226 e. The molecule has 0 aromatic heterocycles. The van der Waals surface area contributed by atoms with Gasteiger partial charge in [-0.15, -0.1) is 12.4 Å². The van der Waals surface area contributed by atoms with Crippen molar-refractivity contribution in [3.05, 3.63) is 0 Å². The average Bonchev–Trinajstić information content (AvgIpc) is 2.86. The SMILES string of the molecule is Cl.NCC1CCN(C(=O)C2C3CC4CC(C3)CC2C4)C1. The van der Waals surface area contributed by atoms with Gasteiger partial charge in [0.25, 0.3) is 0 Å². The molecular formula is C16H27ClN2O. The molecule has 1 atom stereocenters. The van der Waals surface area contributed by atoms with Gasteiger partial charge in [0.05, 0.1) is 0 Å². The first-order valence-corrected chi connectivity index (χ1v) is 8.23. The zero-order valence-electron chi connectivity index (χ0n) is 12.2. The van der Waals surface area contributed by atoms with Gasteiger partial charge in [0.1, 0.15) is 0 Å². The molecule has 0 radical (unpaired) electrons. The maximum atomic E-state index is 12.9. The minimum Gasteiger partial charge on any atom is -0.342 e. The summed E-state index contributed by atoms with van der Waals surface area (Å²) in [5, 5.41) is 0. The van der Waals surface area contributed by atoms with Crippen molar-refractivity contribution in [3.63, 3.8) is 0 Å². The summed E-state index contributed by atoms with van der Waals surface area (Å²) in [6.45, 7) is 2.63. The molecule has 114 valence electrons. The standard InChI is InChI=1S/C16H26N2O.ClH/c17-8-10-1-2-18(9-10)16(19)15-13-4-11-3-12(6-13)7-14(15)5-11;/h10-15H,1-9,17H2;1H. The summed E-state index contributed by atoms with van der Waals surface area (Å²) < 4.78 is 0. The number of carbonyl (C=O) groups excluding carboxylic acids is 1. The van der Waals surface area contributed by atoms with E-state index in [0.717, 1.165) is 49.7 Å². The normalized spacial score (nSPS) is 45.5. The Morgan fingerprint density at radius 1 is 1.05 bits per heavy atom. The molecule has 1 unspecified atom stereocenters. The summed E-state index contributed by atoms with van der Waals surface area (Å²) in [5.41, 5.74) is 5.75. The van der Waals surface area contributed by atoms with Crippen LogP contribution in [0.5, 0.6) is 0 Å². The van der Waals surface area contributed by atoms with Gasteiger partial charge in [-0.3, -0.25) is 4.79 Å². The highest BCUT2D eigenvalue weighted by molar-refractivity contribution is 5.85. The van der Waals surface area contributed by atoms with E-state index in [0.29, 0.717) is 17.7 Å². The number of hydrogen-bond donors (Lipinski definition) is 1. The Morgan fingerprint density at radius 2 is 1.65 bits per heavy atom. The third-order valence-electron chi connectivity index (χ3n) is 6.44. The molecule has 5 fully saturated rings. The lowest BCUT2D eigenvalue weighted by Crippen LogP contribution is -2.51. The van der Waals surface area contributed by atoms with E-state index in [1.54, 1.807) is 0 Å². The van der Waals surface area contributed by atoms with Gasteiger partial charge < -0.3 is 10.6 Å². The summed E-state index contributed by atoms with van der Waals surface area (Å²) in [4.78, 5) is 15.0. The van der Waals surface area contributed by atoms with Crippen molar-refractivity contribution >= 4 is 18.3 Å². The second-order valence-corrected chi connectivity index (χ2v) is 7.63. The number of likely N-dealkylation sites (tertiary alicyclic amines) is 1. The van der Waals surface area contributed by atoms with E-state index < -0.39 is 0 Å². The van der Waals surface area contributed by atoms with Crippen molar-refractivity contribution in [2.45, 2.75) is 38.5 Å². The maximum absolute atomic E-state index is 12.9. The zero-order chi connectivity index (χ0) is 13.0. The lowest BCUT2D eigenvalue weighted by Gasteiger charge is -2.54. The Hall–Kier alpha value is -0.280. The minimum atomic E-state index is 0. The Balaban J connectivity index is 0.00000121. The molecule has 2 N–H and O–H groups in total. The van der Waals surface area contributed by atoms with E-state index in [1.165, 1.54) is 32.1 Å². The monoisotopic (exact) mass is 298 g/mol. The first kappa shape index (κ1) is 14.6. The molecule has 0 spiro atoms. The van der Waals surface area contributed by atoms with Crippen LogP contribution in [0.4, 0.5) is 0 Å². The van der Waals surface area contributed by atoms with Crippen molar-refractivity contribution in [2.75, 3.05) is 19.6 Å².